The molecule has 8 nitrogen and oxygen atoms in total. The Morgan fingerprint density at radius 1 is 1.27 bits per heavy atom. The van der Waals surface area contributed by atoms with Crippen molar-refractivity contribution in [3.05, 3.63) is 33.3 Å². The number of nitrogens with one attached hydrogen (secondary N) is 1. The van der Waals surface area contributed by atoms with Crippen molar-refractivity contribution in [2.24, 2.45) is 13.0 Å². The van der Waals surface area contributed by atoms with Crippen LogP contribution < -0.4 is 5.69 Å². The Morgan fingerprint density at radius 2 is 1.96 bits per heavy atom. The van der Waals surface area contributed by atoms with E-state index in [9.17, 15) is 9.59 Å². The maximum Gasteiger partial charge on any atom is 0.345 e. The highest BCUT2D eigenvalue weighted by Crippen LogP contribution is 2.23. The zero-order valence-electron chi connectivity index (χ0n) is 16.1. The van der Waals surface area contributed by atoms with Gasteiger partial charge in [0, 0.05) is 44.4 Å². The van der Waals surface area contributed by atoms with Crippen molar-refractivity contribution >= 4 is 5.91 Å². The number of aromatic nitrogens is 5. The molecule has 3 heterocycles. The second-order valence-corrected chi connectivity index (χ2v) is 7.04. The molecule has 142 valence electrons. The van der Waals surface area contributed by atoms with Crippen molar-refractivity contribution in [3.8, 4) is 0 Å². The fourth-order valence-corrected chi connectivity index (χ4v) is 3.76. The summed E-state index contributed by atoms with van der Waals surface area (Å²) in [5.74, 6) is 1.30. The lowest BCUT2D eigenvalue weighted by Gasteiger charge is -2.31. The van der Waals surface area contributed by atoms with Gasteiger partial charge in [-0.1, -0.05) is 6.92 Å². The molecule has 2 aromatic heterocycles. The normalized spacial score (nSPS) is 15.6. The molecule has 8 heteroatoms. The van der Waals surface area contributed by atoms with Gasteiger partial charge in [-0.25, -0.2) is 9.48 Å². The smallest absolute Gasteiger partial charge is 0.337 e. The Balaban J connectivity index is 1.62. The van der Waals surface area contributed by atoms with E-state index in [2.05, 4.69) is 15.3 Å². The monoisotopic (exact) mass is 360 g/mol. The third-order valence-corrected chi connectivity index (χ3v) is 5.44. The zero-order valence-corrected chi connectivity index (χ0v) is 16.1. The lowest BCUT2D eigenvalue weighted by Crippen LogP contribution is -2.39. The SMILES string of the molecule is CCc1[nH]nc(C(=O)N2CCC(Cc3nn(C)c(=O)n3CC)CC2)c1C. The van der Waals surface area contributed by atoms with Crippen molar-refractivity contribution in [2.45, 2.75) is 53.0 Å². The molecular formula is C18H28N6O2. The van der Waals surface area contributed by atoms with Crippen LogP contribution in [0.1, 0.15) is 54.3 Å². The summed E-state index contributed by atoms with van der Waals surface area (Å²) in [5, 5.41) is 11.6. The lowest BCUT2D eigenvalue weighted by atomic mass is 9.93. The summed E-state index contributed by atoms with van der Waals surface area (Å²) in [4.78, 5) is 26.7. The van der Waals surface area contributed by atoms with Crippen LogP contribution in [0.25, 0.3) is 0 Å². The van der Waals surface area contributed by atoms with Crippen molar-refractivity contribution < 1.29 is 4.79 Å². The summed E-state index contributed by atoms with van der Waals surface area (Å²) >= 11 is 0. The summed E-state index contributed by atoms with van der Waals surface area (Å²) in [6, 6.07) is 0. The number of carbonyl (C=O) groups is 1. The third-order valence-electron chi connectivity index (χ3n) is 5.44. The van der Waals surface area contributed by atoms with E-state index in [0.29, 0.717) is 18.2 Å². The number of aryl methyl sites for hydroxylation is 2. The first-order valence-electron chi connectivity index (χ1n) is 9.42. The topological polar surface area (TPSA) is 88.8 Å². The Labute approximate surface area is 153 Å². The van der Waals surface area contributed by atoms with Gasteiger partial charge in [-0.15, -0.1) is 0 Å². The summed E-state index contributed by atoms with van der Waals surface area (Å²) in [6.45, 7) is 8.05. The number of rotatable bonds is 5. The maximum atomic E-state index is 12.7. The van der Waals surface area contributed by atoms with E-state index in [0.717, 1.165) is 55.9 Å². The highest BCUT2D eigenvalue weighted by molar-refractivity contribution is 5.94. The van der Waals surface area contributed by atoms with Gasteiger partial charge in [0.15, 0.2) is 5.69 Å². The predicted molar refractivity (Wildman–Crippen MR) is 98.2 cm³/mol. The Hall–Kier alpha value is -2.38. The van der Waals surface area contributed by atoms with E-state index in [-0.39, 0.29) is 11.6 Å². The number of amides is 1. The number of nitrogens with zero attached hydrogens (tertiary/aromatic N) is 5. The van der Waals surface area contributed by atoms with E-state index >= 15 is 0 Å². The quantitative estimate of drug-likeness (QED) is 0.870. The third kappa shape index (κ3) is 3.32. The number of likely N-dealkylation sites (tertiary alicyclic amines) is 1. The Morgan fingerprint density at radius 3 is 2.54 bits per heavy atom. The number of carbonyl (C=O) groups excluding carboxylic acids is 1. The van der Waals surface area contributed by atoms with Crippen LogP contribution in [-0.4, -0.2) is 48.4 Å². The average Bonchev–Trinajstić information content (AvgIpc) is 3.14. The molecule has 0 bridgehead atoms. The molecule has 1 N–H and O–H groups in total. The highest BCUT2D eigenvalue weighted by atomic mass is 16.2. The van der Waals surface area contributed by atoms with Crippen LogP contribution in [0.3, 0.4) is 0 Å². The molecule has 0 atom stereocenters. The van der Waals surface area contributed by atoms with Crippen LogP contribution in [0.2, 0.25) is 0 Å². The number of H-pyrrole nitrogens is 1. The van der Waals surface area contributed by atoms with E-state index < -0.39 is 0 Å². The van der Waals surface area contributed by atoms with Gasteiger partial charge in [-0.2, -0.15) is 10.2 Å². The number of hydrogen-bond acceptors (Lipinski definition) is 4. The van der Waals surface area contributed by atoms with Gasteiger partial charge in [0.1, 0.15) is 5.82 Å². The molecule has 3 rings (SSSR count). The van der Waals surface area contributed by atoms with Gasteiger partial charge in [-0.3, -0.25) is 14.5 Å². The van der Waals surface area contributed by atoms with Crippen LogP contribution in [0.5, 0.6) is 0 Å². The fraction of sp³-hybridized carbons (Fsp3) is 0.667. The molecule has 0 aromatic carbocycles. The molecule has 1 saturated heterocycles. The second kappa shape index (κ2) is 7.47. The van der Waals surface area contributed by atoms with Crippen molar-refractivity contribution in [3.63, 3.8) is 0 Å². The Bertz CT molecular complexity index is 838. The second-order valence-electron chi connectivity index (χ2n) is 7.04. The minimum absolute atomic E-state index is 0.0141. The number of piperidine rings is 1. The maximum absolute atomic E-state index is 12.7. The van der Waals surface area contributed by atoms with Crippen LogP contribution in [-0.2, 0) is 26.4 Å². The van der Waals surface area contributed by atoms with Crippen molar-refractivity contribution in [2.75, 3.05) is 13.1 Å². The van der Waals surface area contributed by atoms with Crippen LogP contribution in [0.15, 0.2) is 4.79 Å². The molecule has 0 unspecified atom stereocenters. The molecule has 0 radical (unpaired) electrons. The highest BCUT2D eigenvalue weighted by Gasteiger charge is 2.27. The van der Waals surface area contributed by atoms with Crippen molar-refractivity contribution in [1.82, 2.24) is 29.4 Å². The summed E-state index contributed by atoms with van der Waals surface area (Å²) in [7, 11) is 1.69. The van der Waals surface area contributed by atoms with Gasteiger partial charge < -0.3 is 4.90 Å². The van der Waals surface area contributed by atoms with Gasteiger partial charge in [0.2, 0.25) is 0 Å². The minimum Gasteiger partial charge on any atom is -0.337 e. The van der Waals surface area contributed by atoms with Gasteiger partial charge in [-0.05, 0) is 39.0 Å². The molecule has 2 aromatic rings. The minimum atomic E-state index is -0.0594. The summed E-state index contributed by atoms with van der Waals surface area (Å²) < 4.78 is 3.14. The molecule has 1 amide bonds. The average molecular weight is 360 g/mol. The first-order chi connectivity index (χ1) is 12.5. The number of hydrogen-bond donors (Lipinski definition) is 1. The summed E-state index contributed by atoms with van der Waals surface area (Å²) in [5.41, 5.74) is 2.47. The van der Waals surface area contributed by atoms with Crippen LogP contribution in [0, 0.1) is 12.8 Å². The standard InChI is InChI=1S/C18H28N6O2/c1-5-14-12(3)16(20-19-14)17(25)23-9-7-13(8-10-23)11-15-21-22(4)18(26)24(15)6-2/h13H,5-11H2,1-4H3,(H,19,20). The van der Waals surface area contributed by atoms with Crippen molar-refractivity contribution in [1.29, 1.82) is 0 Å². The predicted octanol–water partition coefficient (Wildman–Crippen LogP) is 1.29. The zero-order chi connectivity index (χ0) is 18.8. The lowest BCUT2D eigenvalue weighted by molar-refractivity contribution is 0.0682. The van der Waals surface area contributed by atoms with Gasteiger partial charge >= 0.3 is 5.69 Å². The first-order valence-corrected chi connectivity index (χ1v) is 9.42. The van der Waals surface area contributed by atoms with Crippen LogP contribution in [0.4, 0.5) is 0 Å². The molecule has 1 aliphatic rings. The van der Waals surface area contributed by atoms with Crippen LogP contribution >= 0.6 is 0 Å². The molecule has 1 aliphatic heterocycles. The molecule has 0 aliphatic carbocycles. The largest absolute Gasteiger partial charge is 0.345 e. The van der Waals surface area contributed by atoms with Gasteiger partial charge in [0.05, 0.1) is 0 Å². The number of aromatic amines is 1. The summed E-state index contributed by atoms with van der Waals surface area (Å²) in [6.07, 6.45) is 3.47. The van der Waals surface area contributed by atoms with E-state index in [1.807, 2.05) is 25.7 Å². The van der Waals surface area contributed by atoms with Gasteiger partial charge in [0.25, 0.3) is 5.91 Å². The Kier molecular flexibility index (Phi) is 5.29. The molecule has 0 saturated carbocycles. The molecule has 1 fully saturated rings. The molecule has 26 heavy (non-hydrogen) atoms. The van der Waals surface area contributed by atoms with E-state index in [1.54, 1.807) is 11.6 Å². The molecular weight excluding hydrogens is 332 g/mol. The van der Waals surface area contributed by atoms with E-state index in [1.165, 1.54) is 4.68 Å². The first kappa shape index (κ1) is 18.4. The fourth-order valence-electron chi connectivity index (χ4n) is 3.76. The van der Waals surface area contributed by atoms with E-state index in [4.69, 9.17) is 0 Å². The molecule has 0 spiro atoms.